The van der Waals surface area contributed by atoms with Crippen LogP contribution in [0.5, 0.6) is 5.75 Å². The first-order valence-corrected chi connectivity index (χ1v) is 7.31. The number of rotatable bonds is 5. The van der Waals surface area contributed by atoms with E-state index in [0.29, 0.717) is 6.10 Å². The van der Waals surface area contributed by atoms with Gasteiger partial charge in [0.2, 0.25) is 0 Å². The van der Waals surface area contributed by atoms with Gasteiger partial charge in [-0.15, -0.1) is 0 Å². The third-order valence-electron chi connectivity index (χ3n) is 3.39. The minimum Gasteiger partial charge on any atom is -0.493 e. The van der Waals surface area contributed by atoms with Crippen molar-refractivity contribution >= 4 is 0 Å². The molecule has 0 radical (unpaired) electrons. The molecule has 1 heterocycles. The third-order valence-corrected chi connectivity index (χ3v) is 3.39. The zero-order valence-electron chi connectivity index (χ0n) is 12.0. The summed E-state index contributed by atoms with van der Waals surface area (Å²) in [7, 11) is 0. The molecule has 106 valence electrons. The molecule has 0 amide bonds. The summed E-state index contributed by atoms with van der Waals surface area (Å²) < 4.78 is 16.0. The van der Waals surface area contributed by atoms with Crippen molar-refractivity contribution in [2.24, 2.45) is 0 Å². The first-order chi connectivity index (χ1) is 9.35. The van der Waals surface area contributed by atoms with Crippen LogP contribution in [-0.2, 0) is 9.47 Å². The average Bonchev–Trinajstić information content (AvgIpc) is 2.45. The van der Waals surface area contributed by atoms with Gasteiger partial charge < -0.3 is 14.2 Å². The maximum Gasteiger partial charge on any atom is 0.127 e. The summed E-state index contributed by atoms with van der Waals surface area (Å²) in [6.07, 6.45) is 3.79. The number of benzene rings is 1. The topological polar surface area (TPSA) is 27.7 Å². The molecule has 3 heteroatoms. The van der Waals surface area contributed by atoms with E-state index in [2.05, 4.69) is 32.0 Å². The molecule has 0 aromatic heterocycles. The fraction of sp³-hybridized carbons (Fsp3) is 0.625. The van der Waals surface area contributed by atoms with Crippen molar-refractivity contribution in [3.63, 3.8) is 0 Å². The molecule has 0 aromatic rings. The molecular weight excluding hydrogens is 240 g/mol. The zero-order valence-corrected chi connectivity index (χ0v) is 12.0. The van der Waals surface area contributed by atoms with Crippen LogP contribution in [0.1, 0.15) is 33.1 Å². The summed E-state index contributed by atoms with van der Waals surface area (Å²) in [5.41, 5.74) is 0. The van der Waals surface area contributed by atoms with Gasteiger partial charge in [0, 0.05) is 5.22 Å². The van der Waals surface area contributed by atoms with Gasteiger partial charge in [0.05, 0.1) is 32.5 Å². The van der Waals surface area contributed by atoms with Crippen molar-refractivity contribution in [3.05, 3.63) is 28.6 Å². The van der Waals surface area contributed by atoms with E-state index in [0.717, 1.165) is 45.0 Å². The molecule has 2 aliphatic carbocycles. The third kappa shape index (κ3) is 3.95. The molecule has 1 aliphatic heterocycles. The Balaban J connectivity index is 0.000000148. The van der Waals surface area contributed by atoms with Gasteiger partial charge in [-0.1, -0.05) is 32.4 Å². The molecule has 1 fully saturated rings. The van der Waals surface area contributed by atoms with Crippen LogP contribution >= 0.6 is 0 Å². The standard InChI is InChI=1S/C10H12O.C6H12O2/c1-2-3-6-11-10-7-8-4-5-9(8)10;1-2-6-5-7-3-4-8-6/h4-5,7H,2-3,6H2,1H3;6H,2-5H2,1H3. The lowest BCUT2D eigenvalue weighted by molar-refractivity contribution is -0.0887. The second-order valence-corrected chi connectivity index (χ2v) is 4.89. The van der Waals surface area contributed by atoms with Crippen LogP contribution in [-0.4, -0.2) is 32.5 Å². The Kier molecular flexibility index (Phi) is 5.67. The molecule has 0 spiro atoms. The zero-order chi connectivity index (χ0) is 13.5. The van der Waals surface area contributed by atoms with Gasteiger partial charge in [0.25, 0.3) is 0 Å². The summed E-state index contributed by atoms with van der Waals surface area (Å²) >= 11 is 0. The number of ether oxygens (including phenoxy) is 3. The van der Waals surface area contributed by atoms with Gasteiger partial charge in [-0.2, -0.15) is 0 Å². The van der Waals surface area contributed by atoms with E-state index in [1.165, 1.54) is 16.9 Å². The second kappa shape index (κ2) is 7.51. The predicted molar refractivity (Wildman–Crippen MR) is 75.4 cm³/mol. The highest BCUT2D eigenvalue weighted by Gasteiger charge is 2.10. The van der Waals surface area contributed by atoms with E-state index < -0.39 is 0 Å². The van der Waals surface area contributed by atoms with Gasteiger partial charge in [-0.05, 0) is 24.1 Å². The molecule has 0 aromatic carbocycles. The molecule has 1 unspecified atom stereocenters. The molecule has 0 N–H and O–H groups in total. The van der Waals surface area contributed by atoms with E-state index in [1.54, 1.807) is 0 Å². The SMILES string of the molecule is CCC1COCCO1.CCCCOc1cc2ccc1=2. The van der Waals surface area contributed by atoms with Crippen molar-refractivity contribution in [2.75, 3.05) is 26.4 Å². The van der Waals surface area contributed by atoms with E-state index in [9.17, 15) is 0 Å². The van der Waals surface area contributed by atoms with Gasteiger partial charge in [-0.25, -0.2) is 0 Å². The van der Waals surface area contributed by atoms with E-state index in [-0.39, 0.29) is 0 Å². The maximum absolute atomic E-state index is 5.50. The lowest BCUT2D eigenvalue weighted by Gasteiger charge is -2.20. The van der Waals surface area contributed by atoms with Crippen LogP contribution in [0.15, 0.2) is 18.2 Å². The number of unbranched alkanes of at least 4 members (excludes halogenated alkanes) is 1. The molecule has 19 heavy (non-hydrogen) atoms. The minimum atomic E-state index is 0.365. The van der Waals surface area contributed by atoms with Crippen LogP contribution in [0.3, 0.4) is 0 Å². The van der Waals surface area contributed by atoms with Crippen molar-refractivity contribution in [2.45, 2.75) is 39.2 Å². The predicted octanol–water partition coefficient (Wildman–Crippen LogP) is 3.28. The Morgan fingerprint density at radius 2 is 2.16 bits per heavy atom. The van der Waals surface area contributed by atoms with Gasteiger partial charge in [0.15, 0.2) is 0 Å². The summed E-state index contributed by atoms with van der Waals surface area (Å²) in [5.74, 6) is 1.09. The molecule has 3 rings (SSSR count). The van der Waals surface area contributed by atoms with E-state index in [4.69, 9.17) is 14.2 Å². The molecule has 1 atom stereocenters. The van der Waals surface area contributed by atoms with E-state index >= 15 is 0 Å². The fourth-order valence-electron chi connectivity index (χ4n) is 1.97. The smallest absolute Gasteiger partial charge is 0.127 e. The maximum atomic E-state index is 5.50. The summed E-state index contributed by atoms with van der Waals surface area (Å²) in [4.78, 5) is 0. The van der Waals surface area contributed by atoms with Crippen LogP contribution < -0.4 is 4.74 Å². The Bertz CT molecular complexity index is 463. The Hall–Kier alpha value is -1.06. The lowest BCUT2D eigenvalue weighted by atomic mass is 10.1. The van der Waals surface area contributed by atoms with Crippen molar-refractivity contribution < 1.29 is 14.2 Å². The normalized spacial score (nSPS) is 19.4. The summed E-state index contributed by atoms with van der Waals surface area (Å²) in [6.45, 7) is 7.49. The van der Waals surface area contributed by atoms with Crippen molar-refractivity contribution in [1.29, 1.82) is 0 Å². The number of hydrogen-bond donors (Lipinski definition) is 0. The van der Waals surface area contributed by atoms with Gasteiger partial charge in [-0.3, -0.25) is 0 Å². The largest absolute Gasteiger partial charge is 0.493 e. The highest BCUT2D eigenvalue weighted by molar-refractivity contribution is 5.38. The number of hydrogen-bond acceptors (Lipinski definition) is 3. The van der Waals surface area contributed by atoms with Crippen molar-refractivity contribution in [1.82, 2.24) is 0 Å². The molecule has 3 nitrogen and oxygen atoms in total. The Morgan fingerprint density at radius 1 is 1.26 bits per heavy atom. The first-order valence-electron chi connectivity index (χ1n) is 7.31. The molecule has 0 saturated carbocycles. The van der Waals surface area contributed by atoms with Crippen molar-refractivity contribution in [3.8, 4) is 5.75 Å². The summed E-state index contributed by atoms with van der Waals surface area (Å²) in [6, 6.07) is 6.32. The van der Waals surface area contributed by atoms with Gasteiger partial charge in [0.1, 0.15) is 5.75 Å². The molecular formula is C16H24O3. The summed E-state index contributed by atoms with van der Waals surface area (Å²) in [5, 5.41) is 2.68. The Labute approximate surface area is 115 Å². The van der Waals surface area contributed by atoms with Crippen LogP contribution in [0, 0.1) is 10.4 Å². The molecule has 3 aliphatic rings. The highest BCUT2D eigenvalue weighted by Crippen LogP contribution is 2.23. The Morgan fingerprint density at radius 3 is 2.58 bits per heavy atom. The molecule has 0 bridgehead atoms. The average molecular weight is 264 g/mol. The minimum absolute atomic E-state index is 0.365. The fourth-order valence-corrected chi connectivity index (χ4v) is 1.97. The molecule has 1 saturated heterocycles. The highest BCUT2D eigenvalue weighted by atomic mass is 16.6. The first kappa shape index (κ1) is 14.4. The quantitative estimate of drug-likeness (QED) is 0.776. The van der Waals surface area contributed by atoms with Gasteiger partial charge >= 0.3 is 0 Å². The van der Waals surface area contributed by atoms with Crippen LogP contribution in [0.4, 0.5) is 0 Å². The van der Waals surface area contributed by atoms with Crippen LogP contribution in [0.25, 0.3) is 0 Å². The lowest BCUT2D eigenvalue weighted by Crippen LogP contribution is -2.27. The van der Waals surface area contributed by atoms with Crippen LogP contribution in [0.2, 0.25) is 0 Å². The monoisotopic (exact) mass is 264 g/mol. The van der Waals surface area contributed by atoms with E-state index in [1.807, 2.05) is 0 Å². The second-order valence-electron chi connectivity index (χ2n) is 4.89.